The molecule has 0 radical (unpaired) electrons. The zero-order valence-electron chi connectivity index (χ0n) is 7.00. The van der Waals surface area contributed by atoms with Crippen LogP contribution in [0.1, 0.15) is 28.8 Å². The van der Waals surface area contributed by atoms with E-state index in [1.165, 1.54) is 11.3 Å². The first-order chi connectivity index (χ1) is 5.81. The van der Waals surface area contributed by atoms with Gasteiger partial charge in [0.05, 0.1) is 0 Å². The molecule has 0 saturated carbocycles. The van der Waals surface area contributed by atoms with Gasteiger partial charge in [0.25, 0.3) is 0 Å². The van der Waals surface area contributed by atoms with E-state index in [4.69, 9.17) is 0 Å². The molecule has 0 spiro atoms. The Morgan fingerprint density at radius 2 is 2.42 bits per heavy atom. The van der Waals surface area contributed by atoms with Gasteiger partial charge >= 0.3 is 0 Å². The Bertz CT molecular complexity index is 320. The van der Waals surface area contributed by atoms with Crippen molar-refractivity contribution in [2.45, 2.75) is 12.8 Å². The summed E-state index contributed by atoms with van der Waals surface area (Å²) in [4.78, 5) is 10.5. The average Bonchev–Trinajstić information content (AvgIpc) is 2.47. The van der Waals surface area contributed by atoms with Crippen LogP contribution >= 0.6 is 0 Å². The van der Waals surface area contributed by atoms with Gasteiger partial charge in [0.15, 0.2) is 0 Å². The SMILES string of the molecule is CC1CNc2ccc(C=O)cc21. The molecule has 0 aliphatic carbocycles. The minimum Gasteiger partial charge on any atom is -0.384 e. The summed E-state index contributed by atoms with van der Waals surface area (Å²) >= 11 is 0. The largest absolute Gasteiger partial charge is 0.384 e. The number of aldehydes is 1. The average molecular weight is 161 g/mol. The van der Waals surface area contributed by atoms with E-state index >= 15 is 0 Å². The van der Waals surface area contributed by atoms with E-state index in [0.717, 1.165) is 18.4 Å². The predicted molar refractivity (Wildman–Crippen MR) is 48.7 cm³/mol. The molecule has 1 atom stereocenters. The Labute approximate surface area is 71.6 Å². The summed E-state index contributed by atoms with van der Waals surface area (Å²) in [6.45, 7) is 3.14. The maximum Gasteiger partial charge on any atom is 0.150 e. The van der Waals surface area contributed by atoms with Crippen LogP contribution in [0.5, 0.6) is 0 Å². The van der Waals surface area contributed by atoms with E-state index in [2.05, 4.69) is 12.2 Å². The molecule has 62 valence electrons. The van der Waals surface area contributed by atoms with Crippen LogP contribution in [-0.2, 0) is 0 Å². The van der Waals surface area contributed by atoms with Crippen molar-refractivity contribution in [3.63, 3.8) is 0 Å². The van der Waals surface area contributed by atoms with E-state index in [-0.39, 0.29) is 0 Å². The third kappa shape index (κ3) is 0.998. The Kier molecular flexibility index (Phi) is 1.61. The minimum absolute atomic E-state index is 0.528. The summed E-state index contributed by atoms with van der Waals surface area (Å²) in [5, 5.41) is 3.29. The van der Waals surface area contributed by atoms with Crippen molar-refractivity contribution < 1.29 is 4.79 Å². The molecular formula is C10H11NO. The normalized spacial score (nSPS) is 19.9. The van der Waals surface area contributed by atoms with E-state index in [1.807, 2.05) is 18.2 Å². The molecule has 0 fully saturated rings. The molecule has 1 N–H and O–H groups in total. The topological polar surface area (TPSA) is 29.1 Å². The van der Waals surface area contributed by atoms with Gasteiger partial charge in [-0.05, 0) is 23.8 Å². The number of carbonyl (C=O) groups excluding carboxylic acids is 1. The molecule has 12 heavy (non-hydrogen) atoms. The summed E-state index contributed by atoms with van der Waals surface area (Å²) in [5.41, 5.74) is 3.21. The number of nitrogens with one attached hydrogen (secondary N) is 1. The molecule has 0 aromatic heterocycles. The molecule has 0 bridgehead atoms. The van der Waals surface area contributed by atoms with Crippen molar-refractivity contribution in [1.82, 2.24) is 0 Å². The van der Waals surface area contributed by atoms with Crippen LogP contribution in [0.25, 0.3) is 0 Å². The Morgan fingerprint density at radius 1 is 1.58 bits per heavy atom. The molecule has 1 aromatic rings. The molecule has 2 heteroatoms. The molecule has 1 aromatic carbocycles. The van der Waals surface area contributed by atoms with Crippen molar-refractivity contribution in [1.29, 1.82) is 0 Å². The maximum absolute atomic E-state index is 10.5. The summed E-state index contributed by atoms with van der Waals surface area (Å²) in [6, 6.07) is 5.78. The van der Waals surface area contributed by atoms with Crippen LogP contribution in [0, 0.1) is 0 Å². The molecule has 0 amide bonds. The third-order valence-corrected chi connectivity index (χ3v) is 2.34. The van der Waals surface area contributed by atoms with Gasteiger partial charge in [0.1, 0.15) is 6.29 Å². The van der Waals surface area contributed by atoms with Gasteiger partial charge in [-0.3, -0.25) is 4.79 Å². The van der Waals surface area contributed by atoms with Gasteiger partial charge in [0.2, 0.25) is 0 Å². The smallest absolute Gasteiger partial charge is 0.150 e. The van der Waals surface area contributed by atoms with Crippen LogP contribution in [-0.4, -0.2) is 12.8 Å². The quantitative estimate of drug-likeness (QED) is 0.638. The van der Waals surface area contributed by atoms with Crippen LogP contribution in [0.3, 0.4) is 0 Å². The van der Waals surface area contributed by atoms with Gasteiger partial charge in [-0.15, -0.1) is 0 Å². The fourth-order valence-corrected chi connectivity index (χ4v) is 1.60. The molecule has 2 nitrogen and oxygen atoms in total. The number of hydrogen-bond acceptors (Lipinski definition) is 2. The second kappa shape index (κ2) is 2.63. The first-order valence-corrected chi connectivity index (χ1v) is 4.14. The number of hydrogen-bond donors (Lipinski definition) is 1. The van der Waals surface area contributed by atoms with Gasteiger partial charge in [0, 0.05) is 23.7 Å². The van der Waals surface area contributed by atoms with Gasteiger partial charge < -0.3 is 5.32 Å². The lowest BCUT2D eigenvalue weighted by Crippen LogP contribution is -1.95. The number of fused-ring (bicyclic) bond motifs is 1. The predicted octanol–water partition coefficient (Wildman–Crippen LogP) is 2.03. The fraction of sp³-hybridized carbons (Fsp3) is 0.300. The molecule has 0 saturated heterocycles. The highest BCUT2D eigenvalue weighted by molar-refractivity contribution is 5.77. The Balaban J connectivity index is 2.50. The van der Waals surface area contributed by atoms with Crippen molar-refractivity contribution in [3.05, 3.63) is 29.3 Å². The molecule has 1 heterocycles. The fourth-order valence-electron chi connectivity index (χ4n) is 1.60. The highest BCUT2D eigenvalue weighted by Gasteiger charge is 2.17. The van der Waals surface area contributed by atoms with Gasteiger partial charge in [-0.25, -0.2) is 0 Å². The molecular weight excluding hydrogens is 150 g/mol. The lowest BCUT2D eigenvalue weighted by molar-refractivity contribution is 0.112. The van der Waals surface area contributed by atoms with Crippen LogP contribution < -0.4 is 5.32 Å². The number of benzene rings is 1. The van der Waals surface area contributed by atoms with Crippen molar-refractivity contribution in [3.8, 4) is 0 Å². The third-order valence-electron chi connectivity index (χ3n) is 2.34. The number of carbonyl (C=O) groups is 1. The van der Waals surface area contributed by atoms with Crippen molar-refractivity contribution >= 4 is 12.0 Å². The second-order valence-electron chi connectivity index (χ2n) is 3.25. The lowest BCUT2D eigenvalue weighted by Gasteiger charge is -2.01. The highest BCUT2D eigenvalue weighted by atomic mass is 16.1. The first-order valence-electron chi connectivity index (χ1n) is 4.14. The highest BCUT2D eigenvalue weighted by Crippen LogP contribution is 2.31. The van der Waals surface area contributed by atoms with E-state index in [0.29, 0.717) is 5.92 Å². The van der Waals surface area contributed by atoms with E-state index < -0.39 is 0 Å². The number of rotatable bonds is 1. The molecule has 1 aliphatic heterocycles. The minimum atomic E-state index is 0.528. The summed E-state index contributed by atoms with van der Waals surface area (Å²) in [7, 11) is 0. The maximum atomic E-state index is 10.5. The van der Waals surface area contributed by atoms with Crippen LogP contribution in [0.2, 0.25) is 0 Å². The van der Waals surface area contributed by atoms with Crippen LogP contribution in [0.4, 0.5) is 5.69 Å². The van der Waals surface area contributed by atoms with Crippen molar-refractivity contribution in [2.24, 2.45) is 0 Å². The lowest BCUT2D eigenvalue weighted by atomic mass is 10.0. The standard InChI is InChI=1S/C10H11NO/c1-7-5-11-10-3-2-8(6-12)4-9(7)10/h2-4,6-7,11H,5H2,1H3. The monoisotopic (exact) mass is 161 g/mol. The Morgan fingerprint density at radius 3 is 3.17 bits per heavy atom. The molecule has 2 rings (SSSR count). The summed E-state index contributed by atoms with van der Waals surface area (Å²) in [5.74, 6) is 0.528. The Hall–Kier alpha value is -1.31. The zero-order valence-corrected chi connectivity index (χ0v) is 7.00. The van der Waals surface area contributed by atoms with Crippen LogP contribution in [0.15, 0.2) is 18.2 Å². The van der Waals surface area contributed by atoms with Gasteiger partial charge in [-0.2, -0.15) is 0 Å². The molecule has 1 unspecified atom stereocenters. The summed E-state index contributed by atoms with van der Waals surface area (Å²) < 4.78 is 0. The van der Waals surface area contributed by atoms with Crippen molar-refractivity contribution in [2.75, 3.05) is 11.9 Å². The zero-order chi connectivity index (χ0) is 8.55. The second-order valence-corrected chi connectivity index (χ2v) is 3.25. The molecule has 1 aliphatic rings. The van der Waals surface area contributed by atoms with Gasteiger partial charge in [-0.1, -0.05) is 6.92 Å². The van der Waals surface area contributed by atoms with E-state index in [9.17, 15) is 4.79 Å². The first kappa shape index (κ1) is 7.35. The van der Waals surface area contributed by atoms with E-state index in [1.54, 1.807) is 0 Å². The summed E-state index contributed by atoms with van der Waals surface area (Å²) in [6.07, 6.45) is 0.894. The number of anilines is 1.